The molecule has 1 aromatic heterocycles. The number of hydrogen-bond donors (Lipinski definition) is 2. The van der Waals surface area contributed by atoms with Crippen molar-refractivity contribution in [3.8, 4) is 0 Å². The van der Waals surface area contributed by atoms with Crippen LogP contribution < -0.4 is 10.9 Å². The number of esters is 1. The second kappa shape index (κ2) is 8.30. The Kier molecular flexibility index (Phi) is 6.14. The lowest BCUT2D eigenvalue weighted by molar-refractivity contribution is 0.0600. The first-order chi connectivity index (χ1) is 11.5. The van der Waals surface area contributed by atoms with Crippen molar-refractivity contribution in [3.05, 3.63) is 63.3 Å². The largest absolute Gasteiger partial charge is 0.465 e. The molecule has 126 valence electrons. The first-order valence-electron chi connectivity index (χ1n) is 7.08. The molecule has 2 N–H and O–H groups in total. The summed E-state index contributed by atoms with van der Waals surface area (Å²) in [5, 5.41) is 2.70. The van der Waals surface area contributed by atoms with Crippen LogP contribution in [0.4, 0.5) is 0 Å². The number of carbonyl (C=O) groups is 2. The molecule has 0 aliphatic rings. The second-order valence-electron chi connectivity index (χ2n) is 4.88. The van der Waals surface area contributed by atoms with Crippen LogP contribution in [0.15, 0.2) is 35.1 Å². The van der Waals surface area contributed by atoms with Crippen LogP contribution in [-0.4, -0.2) is 35.2 Å². The first kappa shape index (κ1) is 17.7. The van der Waals surface area contributed by atoms with E-state index in [1.807, 2.05) is 6.26 Å². The molecule has 0 fully saturated rings. The smallest absolute Gasteiger partial charge is 0.337 e. The van der Waals surface area contributed by atoms with Crippen LogP contribution in [0.2, 0.25) is 0 Å². The normalized spacial score (nSPS) is 10.2. The van der Waals surface area contributed by atoms with Gasteiger partial charge in [-0.15, -0.1) is 0 Å². The third-order valence-corrected chi connectivity index (χ3v) is 3.69. The summed E-state index contributed by atoms with van der Waals surface area (Å²) in [6.07, 6.45) is 1.88. The molecule has 0 spiro atoms. The number of hydrogen-bond acceptors (Lipinski definition) is 6. The minimum atomic E-state index is -0.430. The zero-order valence-electron chi connectivity index (χ0n) is 13.3. The highest BCUT2D eigenvalue weighted by molar-refractivity contribution is 7.97. The Morgan fingerprint density at radius 2 is 2.00 bits per heavy atom. The minimum Gasteiger partial charge on any atom is -0.465 e. The van der Waals surface area contributed by atoms with Crippen molar-refractivity contribution in [2.45, 2.75) is 12.3 Å². The number of H-pyrrole nitrogens is 1. The Morgan fingerprint density at radius 3 is 2.62 bits per heavy atom. The molecule has 0 radical (unpaired) electrons. The van der Waals surface area contributed by atoms with Gasteiger partial charge in [-0.25, -0.2) is 9.78 Å². The van der Waals surface area contributed by atoms with Crippen molar-refractivity contribution in [3.63, 3.8) is 0 Å². The van der Waals surface area contributed by atoms with Gasteiger partial charge in [0, 0.05) is 12.6 Å². The molecule has 2 aromatic rings. The average Bonchev–Trinajstić information content (AvgIpc) is 2.59. The monoisotopic (exact) mass is 347 g/mol. The fraction of sp³-hybridized carbons (Fsp3) is 0.250. The fourth-order valence-electron chi connectivity index (χ4n) is 1.98. The summed E-state index contributed by atoms with van der Waals surface area (Å²) in [5.74, 6) is 0.133. The van der Waals surface area contributed by atoms with E-state index in [1.165, 1.54) is 24.9 Å². The van der Waals surface area contributed by atoms with Crippen molar-refractivity contribution in [1.82, 2.24) is 15.3 Å². The lowest BCUT2D eigenvalue weighted by Crippen LogP contribution is -2.26. The van der Waals surface area contributed by atoms with Gasteiger partial charge < -0.3 is 15.0 Å². The minimum absolute atomic E-state index is 0.0778. The van der Waals surface area contributed by atoms with Gasteiger partial charge in [-0.05, 0) is 24.0 Å². The highest BCUT2D eigenvalue weighted by Gasteiger charge is 2.10. The molecule has 7 nitrogen and oxygen atoms in total. The molecule has 8 heteroatoms. The maximum atomic E-state index is 12.1. The van der Waals surface area contributed by atoms with Crippen molar-refractivity contribution >= 4 is 23.6 Å². The molecule has 0 saturated carbocycles. The molecular formula is C16H17N3O4S. The number of amides is 1. The van der Waals surface area contributed by atoms with E-state index in [1.54, 1.807) is 24.3 Å². The van der Waals surface area contributed by atoms with Crippen molar-refractivity contribution in [2.75, 3.05) is 13.4 Å². The van der Waals surface area contributed by atoms with Crippen molar-refractivity contribution in [2.24, 2.45) is 0 Å². The summed E-state index contributed by atoms with van der Waals surface area (Å²) in [5.41, 5.74) is 0.964. The van der Waals surface area contributed by atoms with Gasteiger partial charge in [-0.2, -0.15) is 11.8 Å². The van der Waals surface area contributed by atoms with Crippen LogP contribution >= 0.6 is 11.8 Å². The molecule has 0 saturated heterocycles. The molecule has 0 aliphatic heterocycles. The Balaban J connectivity index is 2.02. The number of nitrogens with one attached hydrogen (secondary N) is 2. The number of rotatable bonds is 6. The maximum Gasteiger partial charge on any atom is 0.337 e. The summed E-state index contributed by atoms with van der Waals surface area (Å²) in [6.45, 7) is 0.257. The summed E-state index contributed by atoms with van der Waals surface area (Å²) in [4.78, 5) is 41.8. The van der Waals surface area contributed by atoms with E-state index in [0.717, 1.165) is 5.56 Å². The van der Waals surface area contributed by atoms with Gasteiger partial charge in [-0.1, -0.05) is 12.1 Å². The summed E-state index contributed by atoms with van der Waals surface area (Å²) < 4.78 is 4.62. The van der Waals surface area contributed by atoms with Crippen molar-refractivity contribution in [1.29, 1.82) is 0 Å². The Morgan fingerprint density at radius 1 is 1.29 bits per heavy atom. The van der Waals surface area contributed by atoms with Crippen LogP contribution in [-0.2, 0) is 17.0 Å². The number of ether oxygens (including phenoxy) is 1. The predicted octanol–water partition coefficient (Wildman–Crippen LogP) is 1.35. The molecule has 2 rings (SSSR count). The van der Waals surface area contributed by atoms with Gasteiger partial charge in [0.2, 0.25) is 0 Å². The van der Waals surface area contributed by atoms with Crippen LogP contribution in [0.3, 0.4) is 0 Å². The molecule has 24 heavy (non-hydrogen) atoms. The summed E-state index contributed by atoms with van der Waals surface area (Å²) in [6, 6.07) is 7.85. The highest BCUT2D eigenvalue weighted by atomic mass is 32.2. The summed E-state index contributed by atoms with van der Waals surface area (Å²) in [7, 11) is 1.32. The Bertz CT molecular complexity index is 787. The van der Waals surface area contributed by atoms with Gasteiger partial charge in [0.25, 0.3) is 11.5 Å². The quantitative estimate of drug-likeness (QED) is 0.765. The molecule has 0 bridgehead atoms. The topological polar surface area (TPSA) is 101 Å². The third kappa shape index (κ3) is 4.69. The van der Waals surface area contributed by atoms with E-state index < -0.39 is 11.9 Å². The molecule has 1 heterocycles. The third-order valence-electron chi connectivity index (χ3n) is 3.13. The SMILES string of the molecule is COC(=O)c1ccc(CNC(=O)c2cc(=O)[nH]c(CSC)n2)cc1. The molecule has 1 amide bonds. The van der Waals surface area contributed by atoms with Crippen LogP contribution in [0, 0.1) is 0 Å². The predicted molar refractivity (Wildman–Crippen MR) is 91.0 cm³/mol. The number of nitrogens with zero attached hydrogens (tertiary/aromatic N) is 1. The zero-order valence-corrected chi connectivity index (χ0v) is 14.1. The Hall–Kier alpha value is -2.61. The fourth-order valence-corrected chi connectivity index (χ4v) is 2.39. The number of methoxy groups -OCH3 is 1. The first-order valence-corrected chi connectivity index (χ1v) is 8.47. The molecule has 0 unspecified atom stereocenters. The van der Waals surface area contributed by atoms with Crippen molar-refractivity contribution < 1.29 is 14.3 Å². The van der Waals surface area contributed by atoms with Crippen LogP contribution in [0.1, 0.15) is 32.2 Å². The van der Waals surface area contributed by atoms with Gasteiger partial charge in [0.15, 0.2) is 0 Å². The van der Waals surface area contributed by atoms with E-state index in [9.17, 15) is 14.4 Å². The number of aromatic nitrogens is 2. The molecule has 0 aliphatic carbocycles. The van der Waals surface area contributed by atoms with Gasteiger partial charge in [0.1, 0.15) is 11.5 Å². The van der Waals surface area contributed by atoms with E-state index in [0.29, 0.717) is 17.1 Å². The number of carbonyl (C=O) groups excluding carboxylic acids is 2. The lowest BCUT2D eigenvalue weighted by atomic mass is 10.1. The average molecular weight is 347 g/mol. The second-order valence-corrected chi connectivity index (χ2v) is 5.75. The van der Waals surface area contributed by atoms with Gasteiger partial charge >= 0.3 is 5.97 Å². The standard InChI is InChI=1S/C16H17N3O4S/c1-23-16(22)11-5-3-10(4-6-11)8-17-15(21)12-7-14(20)19-13(18-12)9-24-2/h3-7H,8-9H2,1-2H3,(H,17,21)(H,18,19,20). The zero-order chi connectivity index (χ0) is 17.5. The Labute approximate surface area is 142 Å². The molecule has 1 aromatic carbocycles. The lowest BCUT2D eigenvalue weighted by Gasteiger charge is -2.07. The number of aromatic amines is 1. The molecule has 0 atom stereocenters. The van der Waals surface area contributed by atoms with Crippen LogP contribution in [0.25, 0.3) is 0 Å². The van der Waals surface area contributed by atoms with E-state index >= 15 is 0 Å². The van der Waals surface area contributed by atoms with E-state index in [4.69, 9.17) is 0 Å². The number of thioether (sulfide) groups is 1. The van der Waals surface area contributed by atoms with Crippen LogP contribution in [0.5, 0.6) is 0 Å². The van der Waals surface area contributed by atoms with E-state index in [-0.39, 0.29) is 17.8 Å². The molecular weight excluding hydrogens is 330 g/mol. The summed E-state index contributed by atoms with van der Waals surface area (Å²) >= 11 is 1.50. The van der Waals surface area contributed by atoms with Gasteiger partial charge in [-0.3, -0.25) is 9.59 Å². The highest BCUT2D eigenvalue weighted by Crippen LogP contribution is 2.06. The number of benzene rings is 1. The van der Waals surface area contributed by atoms with E-state index in [2.05, 4.69) is 20.0 Å². The van der Waals surface area contributed by atoms with Gasteiger partial charge in [0.05, 0.1) is 18.4 Å². The maximum absolute atomic E-state index is 12.1.